The Morgan fingerprint density at radius 3 is 2.81 bits per heavy atom. The molecule has 86 valence electrons. The van der Waals surface area contributed by atoms with Gasteiger partial charge in [-0.25, -0.2) is 0 Å². The van der Waals surface area contributed by atoms with E-state index in [4.69, 9.17) is 5.73 Å². The molecule has 1 heterocycles. The molecule has 2 rings (SSSR count). The number of halogens is 1. The second kappa shape index (κ2) is 5.02. The van der Waals surface area contributed by atoms with E-state index in [2.05, 4.69) is 52.0 Å². The van der Waals surface area contributed by atoms with Crippen molar-refractivity contribution in [1.29, 1.82) is 0 Å². The highest BCUT2D eigenvalue weighted by atomic mass is 79.9. The SMILES string of the molecule is Cc1ccc(N2CC=C(CN)CC2)c(Br)c1. The van der Waals surface area contributed by atoms with Crippen LogP contribution in [-0.4, -0.2) is 19.6 Å². The number of hydrogen-bond acceptors (Lipinski definition) is 2. The van der Waals surface area contributed by atoms with Gasteiger partial charge in [0, 0.05) is 24.1 Å². The molecule has 0 aliphatic carbocycles. The lowest BCUT2D eigenvalue weighted by atomic mass is 10.1. The van der Waals surface area contributed by atoms with Gasteiger partial charge in [-0.1, -0.05) is 17.7 Å². The van der Waals surface area contributed by atoms with E-state index in [1.165, 1.54) is 21.3 Å². The van der Waals surface area contributed by atoms with E-state index in [-0.39, 0.29) is 0 Å². The highest BCUT2D eigenvalue weighted by molar-refractivity contribution is 9.10. The van der Waals surface area contributed by atoms with Crippen LogP contribution in [0.2, 0.25) is 0 Å². The maximum atomic E-state index is 5.64. The van der Waals surface area contributed by atoms with Crippen LogP contribution < -0.4 is 10.6 Å². The molecule has 1 aromatic carbocycles. The van der Waals surface area contributed by atoms with E-state index < -0.39 is 0 Å². The van der Waals surface area contributed by atoms with Crippen molar-refractivity contribution < 1.29 is 0 Å². The van der Waals surface area contributed by atoms with Crippen LogP contribution in [0, 0.1) is 6.92 Å². The summed E-state index contributed by atoms with van der Waals surface area (Å²) in [4.78, 5) is 2.38. The van der Waals surface area contributed by atoms with Crippen LogP contribution in [0.4, 0.5) is 5.69 Å². The monoisotopic (exact) mass is 280 g/mol. The maximum Gasteiger partial charge on any atom is 0.0513 e. The summed E-state index contributed by atoms with van der Waals surface area (Å²) in [7, 11) is 0. The molecular formula is C13H17BrN2. The van der Waals surface area contributed by atoms with E-state index in [0.29, 0.717) is 6.54 Å². The first-order valence-electron chi connectivity index (χ1n) is 5.60. The van der Waals surface area contributed by atoms with Gasteiger partial charge in [0.05, 0.1) is 5.69 Å². The van der Waals surface area contributed by atoms with Crippen LogP contribution in [0.1, 0.15) is 12.0 Å². The Balaban J connectivity index is 2.17. The summed E-state index contributed by atoms with van der Waals surface area (Å²) in [6, 6.07) is 6.50. The van der Waals surface area contributed by atoms with Crippen LogP contribution in [0.25, 0.3) is 0 Å². The Hall–Kier alpha value is -0.800. The standard InChI is InChI=1S/C13H17BrN2/c1-10-2-3-13(12(14)8-10)16-6-4-11(9-15)5-7-16/h2-4,8H,5-7,9,15H2,1H3. The fraction of sp³-hybridized carbons (Fsp3) is 0.385. The van der Waals surface area contributed by atoms with Crippen molar-refractivity contribution in [1.82, 2.24) is 0 Å². The van der Waals surface area contributed by atoms with Crippen molar-refractivity contribution in [3.8, 4) is 0 Å². The van der Waals surface area contributed by atoms with Gasteiger partial charge in [0.15, 0.2) is 0 Å². The maximum absolute atomic E-state index is 5.64. The molecule has 0 unspecified atom stereocenters. The smallest absolute Gasteiger partial charge is 0.0513 e. The first-order valence-corrected chi connectivity index (χ1v) is 6.39. The minimum Gasteiger partial charge on any atom is -0.367 e. The molecule has 2 N–H and O–H groups in total. The number of nitrogens with two attached hydrogens (primary N) is 1. The summed E-state index contributed by atoms with van der Waals surface area (Å²) >= 11 is 3.63. The number of hydrogen-bond donors (Lipinski definition) is 1. The number of nitrogens with zero attached hydrogens (tertiary/aromatic N) is 1. The third-order valence-corrected chi connectivity index (χ3v) is 3.64. The number of benzene rings is 1. The number of rotatable bonds is 2. The Morgan fingerprint density at radius 2 is 2.25 bits per heavy atom. The molecule has 1 aromatic rings. The van der Waals surface area contributed by atoms with Crippen LogP contribution >= 0.6 is 15.9 Å². The summed E-state index contributed by atoms with van der Waals surface area (Å²) in [6.45, 7) is 4.83. The topological polar surface area (TPSA) is 29.3 Å². The van der Waals surface area contributed by atoms with Crippen LogP contribution in [-0.2, 0) is 0 Å². The van der Waals surface area contributed by atoms with Gasteiger partial charge >= 0.3 is 0 Å². The zero-order valence-corrected chi connectivity index (χ0v) is 11.1. The van der Waals surface area contributed by atoms with Gasteiger partial charge in [0.25, 0.3) is 0 Å². The van der Waals surface area contributed by atoms with E-state index in [1.54, 1.807) is 0 Å². The van der Waals surface area contributed by atoms with E-state index in [0.717, 1.165) is 19.5 Å². The van der Waals surface area contributed by atoms with Gasteiger partial charge in [-0.3, -0.25) is 0 Å². The van der Waals surface area contributed by atoms with Crippen molar-refractivity contribution in [2.75, 3.05) is 24.5 Å². The fourth-order valence-electron chi connectivity index (χ4n) is 1.98. The van der Waals surface area contributed by atoms with E-state index >= 15 is 0 Å². The predicted molar refractivity (Wildman–Crippen MR) is 72.8 cm³/mol. The zero-order chi connectivity index (χ0) is 11.5. The Labute approximate surface area is 105 Å². The molecule has 3 heteroatoms. The van der Waals surface area contributed by atoms with Crippen LogP contribution in [0.3, 0.4) is 0 Å². The van der Waals surface area contributed by atoms with Gasteiger partial charge in [-0.05, 0) is 47.0 Å². The van der Waals surface area contributed by atoms with Gasteiger partial charge in [0.2, 0.25) is 0 Å². The second-order valence-corrected chi connectivity index (χ2v) is 5.07. The summed E-state index contributed by atoms with van der Waals surface area (Å²) in [6.07, 6.45) is 3.33. The molecule has 0 radical (unpaired) electrons. The summed E-state index contributed by atoms with van der Waals surface area (Å²) in [5.74, 6) is 0. The molecular weight excluding hydrogens is 264 g/mol. The fourth-order valence-corrected chi connectivity index (χ4v) is 2.73. The normalized spacial score (nSPS) is 16.2. The quantitative estimate of drug-likeness (QED) is 0.845. The third-order valence-electron chi connectivity index (χ3n) is 3.01. The van der Waals surface area contributed by atoms with Crippen molar-refractivity contribution in [3.63, 3.8) is 0 Å². The highest BCUT2D eigenvalue weighted by Crippen LogP contribution is 2.29. The molecule has 16 heavy (non-hydrogen) atoms. The lowest BCUT2D eigenvalue weighted by Crippen LogP contribution is -2.30. The predicted octanol–water partition coefficient (Wildman–Crippen LogP) is 2.85. The lowest BCUT2D eigenvalue weighted by molar-refractivity contribution is 0.771. The van der Waals surface area contributed by atoms with Crippen molar-refractivity contribution in [3.05, 3.63) is 39.9 Å². The van der Waals surface area contributed by atoms with Gasteiger partial charge in [0.1, 0.15) is 0 Å². The van der Waals surface area contributed by atoms with Crippen molar-refractivity contribution >= 4 is 21.6 Å². The first kappa shape index (κ1) is 11.7. The van der Waals surface area contributed by atoms with Gasteiger partial charge in [-0.15, -0.1) is 0 Å². The first-order chi connectivity index (χ1) is 7.70. The molecule has 0 amide bonds. The molecule has 0 bridgehead atoms. The third kappa shape index (κ3) is 2.47. The minimum absolute atomic E-state index is 0.697. The lowest BCUT2D eigenvalue weighted by Gasteiger charge is -2.29. The van der Waals surface area contributed by atoms with Crippen molar-refractivity contribution in [2.45, 2.75) is 13.3 Å². The van der Waals surface area contributed by atoms with Crippen molar-refractivity contribution in [2.24, 2.45) is 5.73 Å². The largest absolute Gasteiger partial charge is 0.367 e. The average molecular weight is 281 g/mol. The zero-order valence-electron chi connectivity index (χ0n) is 9.54. The van der Waals surface area contributed by atoms with Gasteiger partial charge in [-0.2, -0.15) is 0 Å². The Kier molecular flexibility index (Phi) is 3.66. The van der Waals surface area contributed by atoms with E-state index in [1.807, 2.05) is 0 Å². The molecule has 0 saturated carbocycles. The highest BCUT2D eigenvalue weighted by Gasteiger charge is 2.13. The summed E-state index contributed by atoms with van der Waals surface area (Å²) in [5.41, 5.74) is 9.57. The molecule has 2 nitrogen and oxygen atoms in total. The Morgan fingerprint density at radius 1 is 1.44 bits per heavy atom. The van der Waals surface area contributed by atoms with E-state index in [9.17, 15) is 0 Å². The number of aryl methyl sites for hydroxylation is 1. The molecule has 0 atom stereocenters. The second-order valence-electron chi connectivity index (χ2n) is 4.22. The molecule has 0 fully saturated rings. The summed E-state index contributed by atoms with van der Waals surface area (Å²) < 4.78 is 1.18. The molecule has 1 aliphatic heterocycles. The number of anilines is 1. The summed E-state index contributed by atoms with van der Waals surface area (Å²) in [5, 5.41) is 0. The molecule has 0 aromatic heterocycles. The van der Waals surface area contributed by atoms with Gasteiger partial charge < -0.3 is 10.6 Å². The molecule has 1 aliphatic rings. The van der Waals surface area contributed by atoms with Crippen LogP contribution in [0.15, 0.2) is 34.3 Å². The van der Waals surface area contributed by atoms with Crippen LogP contribution in [0.5, 0.6) is 0 Å². The average Bonchev–Trinajstić information content (AvgIpc) is 2.29. The Bertz CT molecular complexity index is 412. The minimum atomic E-state index is 0.697. The molecule has 0 saturated heterocycles. The molecule has 0 spiro atoms.